The minimum absolute atomic E-state index is 0.243. The monoisotopic (exact) mass is 716 g/mol. The summed E-state index contributed by atoms with van der Waals surface area (Å²) in [5.74, 6) is 0.652. The number of esters is 3. The molecule has 0 N–H and O–H groups in total. The average molecular weight is 717 g/mol. The highest BCUT2D eigenvalue weighted by atomic mass is 16.5. The van der Waals surface area contributed by atoms with Gasteiger partial charge in [0.2, 0.25) is 0 Å². The highest BCUT2D eigenvalue weighted by Crippen LogP contribution is 2.31. The third-order valence-corrected chi connectivity index (χ3v) is 8.88. The fourth-order valence-electron chi connectivity index (χ4n) is 5.40. The molecular formula is C42H52O10. The smallest absolute Gasteiger partial charge is 0.343 e. The van der Waals surface area contributed by atoms with Crippen molar-refractivity contribution in [2.24, 2.45) is 5.41 Å². The molecule has 0 atom stereocenters. The summed E-state index contributed by atoms with van der Waals surface area (Å²) < 4.78 is 39.0. The van der Waals surface area contributed by atoms with Gasteiger partial charge in [0.1, 0.15) is 23.0 Å². The van der Waals surface area contributed by atoms with Crippen molar-refractivity contribution in [3.05, 3.63) is 96.1 Å². The lowest BCUT2D eigenvalue weighted by molar-refractivity contribution is -0.150. The molecule has 0 aliphatic carbocycles. The van der Waals surface area contributed by atoms with Crippen molar-refractivity contribution in [1.82, 2.24) is 0 Å². The lowest BCUT2D eigenvalue weighted by atomic mass is 9.84. The van der Waals surface area contributed by atoms with Crippen molar-refractivity contribution in [2.45, 2.75) is 71.6 Å². The van der Waals surface area contributed by atoms with Crippen LogP contribution in [0.15, 0.2) is 79.4 Å². The fourth-order valence-corrected chi connectivity index (χ4v) is 5.40. The molecule has 0 spiro atoms. The van der Waals surface area contributed by atoms with E-state index in [2.05, 4.69) is 13.5 Å². The van der Waals surface area contributed by atoms with Crippen LogP contribution < -0.4 is 18.9 Å². The van der Waals surface area contributed by atoms with Crippen LogP contribution in [-0.2, 0) is 19.0 Å². The third-order valence-electron chi connectivity index (χ3n) is 8.88. The maximum atomic E-state index is 12.8. The molecule has 0 bridgehead atoms. The zero-order valence-corrected chi connectivity index (χ0v) is 30.5. The Hall–Kier alpha value is -4.67. The van der Waals surface area contributed by atoms with Gasteiger partial charge in [-0.2, -0.15) is 0 Å². The van der Waals surface area contributed by atoms with Crippen molar-refractivity contribution in [1.29, 1.82) is 0 Å². The van der Waals surface area contributed by atoms with Gasteiger partial charge in [0.25, 0.3) is 0 Å². The van der Waals surface area contributed by atoms with E-state index in [0.29, 0.717) is 59.5 Å². The van der Waals surface area contributed by atoms with Crippen molar-refractivity contribution in [3.63, 3.8) is 0 Å². The number of carbonyl (C=O) groups excluding carboxylic acids is 3. The number of hydrogen-bond acceptors (Lipinski definition) is 10. The van der Waals surface area contributed by atoms with E-state index in [-0.39, 0.29) is 5.41 Å². The summed E-state index contributed by atoms with van der Waals surface area (Å²) >= 11 is 0. The van der Waals surface area contributed by atoms with E-state index in [1.165, 1.54) is 0 Å². The molecule has 10 nitrogen and oxygen atoms in total. The number of rotatable bonds is 24. The Balaban J connectivity index is 1.09. The van der Waals surface area contributed by atoms with Gasteiger partial charge >= 0.3 is 17.9 Å². The minimum Gasteiger partial charge on any atom is -0.494 e. The zero-order chi connectivity index (χ0) is 37.0. The molecule has 1 aliphatic heterocycles. The average Bonchev–Trinajstić information content (AvgIpc) is 3.14. The van der Waals surface area contributed by atoms with Gasteiger partial charge in [0, 0.05) is 18.1 Å². The molecule has 1 aliphatic rings. The van der Waals surface area contributed by atoms with Gasteiger partial charge < -0.3 is 33.2 Å². The highest BCUT2D eigenvalue weighted by molar-refractivity contribution is 5.92. The molecular weight excluding hydrogens is 664 g/mol. The van der Waals surface area contributed by atoms with Gasteiger partial charge in [-0.05, 0) is 131 Å². The Kier molecular flexibility index (Phi) is 16.7. The van der Waals surface area contributed by atoms with Gasteiger partial charge in [-0.25, -0.2) is 14.4 Å². The first-order valence-corrected chi connectivity index (χ1v) is 18.3. The summed E-state index contributed by atoms with van der Waals surface area (Å²) in [7, 11) is 0. The predicted molar refractivity (Wildman–Crippen MR) is 197 cm³/mol. The van der Waals surface area contributed by atoms with Crippen LogP contribution >= 0.6 is 0 Å². The quantitative estimate of drug-likeness (QED) is 0.0387. The largest absolute Gasteiger partial charge is 0.494 e. The molecule has 10 heteroatoms. The number of hydrogen-bond donors (Lipinski definition) is 0. The first kappa shape index (κ1) is 40.1. The maximum absolute atomic E-state index is 12.8. The van der Waals surface area contributed by atoms with Crippen LogP contribution in [0.2, 0.25) is 0 Å². The zero-order valence-electron chi connectivity index (χ0n) is 30.5. The summed E-state index contributed by atoms with van der Waals surface area (Å²) in [5.41, 5.74) is 1.66. The summed E-state index contributed by atoms with van der Waals surface area (Å²) in [6, 6.07) is 18.5. The van der Waals surface area contributed by atoms with Gasteiger partial charge in [-0.1, -0.05) is 19.9 Å². The molecule has 3 aromatic carbocycles. The lowest BCUT2D eigenvalue weighted by Crippen LogP contribution is -2.45. The topological polar surface area (TPSA) is 116 Å². The fraction of sp³-hybridized carbons (Fsp3) is 0.452. The van der Waals surface area contributed by atoms with E-state index in [0.717, 1.165) is 90.3 Å². The predicted octanol–water partition coefficient (Wildman–Crippen LogP) is 8.48. The number of aryl methyl sites for hydroxylation is 1. The number of carbonyl (C=O) groups is 3. The SMILES string of the molecule is C=CC(=O)OCCCCCCOc1ccc(C(=O)Oc2ccc(OC(=O)c3ccc(OCCCCCCOCC4(CC)COC4)cc3)c(C)c2)cc1. The van der Waals surface area contributed by atoms with Crippen LogP contribution in [0.3, 0.4) is 0 Å². The van der Waals surface area contributed by atoms with Crippen molar-refractivity contribution in [2.75, 3.05) is 46.2 Å². The molecule has 0 aromatic heterocycles. The summed E-state index contributed by atoms with van der Waals surface area (Å²) in [6.45, 7) is 12.1. The van der Waals surface area contributed by atoms with Crippen LogP contribution in [0.1, 0.15) is 91.0 Å². The van der Waals surface area contributed by atoms with E-state index in [1.807, 2.05) is 0 Å². The van der Waals surface area contributed by atoms with Gasteiger partial charge in [0.05, 0.1) is 50.8 Å². The normalized spacial score (nSPS) is 13.0. The van der Waals surface area contributed by atoms with Crippen LogP contribution in [0.4, 0.5) is 0 Å². The Morgan fingerprint density at radius 3 is 1.71 bits per heavy atom. The molecule has 0 unspecified atom stereocenters. The molecule has 1 fully saturated rings. The molecule has 0 radical (unpaired) electrons. The van der Waals surface area contributed by atoms with Gasteiger partial charge in [-0.3, -0.25) is 0 Å². The first-order valence-electron chi connectivity index (χ1n) is 18.3. The molecule has 4 rings (SSSR count). The second-order valence-corrected chi connectivity index (χ2v) is 13.1. The third kappa shape index (κ3) is 13.5. The molecule has 52 heavy (non-hydrogen) atoms. The second kappa shape index (κ2) is 21.6. The molecule has 1 heterocycles. The Labute approximate surface area is 307 Å². The molecule has 3 aromatic rings. The van der Waals surface area contributed by atoms with Crippen LogP contribution in [-0.4, -0.2) is 64.2 Å². The lowest BCUT2D eigenvalue weighted by Gasteiger charge is -2.40. The van der Waals surface area contributed by atoms with E-state index >= 15 is 0 Å². The van der Waals surface area contributed by atoms with Gasteiger partial charge in [-0.15, -0.1) is 0 Å². The molecule has 0 amide bonds. The standard InChI is InChI=1S/C42H52O10/c1-4-39(43)50-27-13-9-8-12-26-49-35-18-14-33(15-19-35)40(44)51-37-22-23-38(32(3)28-37)52-41(45)34-16-20-36(21-17-34)48-25-11-7-6-10-24-46-29-42(5-2)30-47-31-42/h4,14-23,28H,1,5-13,24-27,29-31H2,2-3H3. The van der Waals surface area contributed by atoms with Crippen molar-refractivity contribution < 1.29 is 47.5 Å². The van der Waals surface area contributed by atoms with Crippen molar-refractivity contribution in [3.8, 4) is 23.0 Å². The second-order valence-electron chi connectivity index (χ2n) is 13.1. The highest BCUT2D eigenvalue weighted by Gasteiger charge is 2.36. The Morgan fingerprint density at radius 2 is 1.21 bits per heavy atom. The Bertz CT molecular complexity index is 1560. The number of ether oxygens (including phenoxy) is 7. The maximum Gasteiger partial charge on any atom is 0.343 e. The van der Waals surface area contributed by atoms with Crippen molar-refractivity contribution >= 4 is 17.9 Å². The van der Waals surface area contributed by atoms with Crippen LogP contribution in [0.25, 0.3) is 0 Å². The van der Waals surface area contributed by atoms with E-state index < -0.39 is 17.9 Å². The summed E-state index contributed by atoms with van der Waals surface area (Å²) in [4.78, 5) is 36.6. The number of benzene rings is 3. The Morgan fingerprint density at radius 1 is 0.692 bits per heavy atom. The van der Waals surface area contributed by atoms with E-state index in [9.17, 15) is 14.4 Å². The summed E-state index contributed by atoms with van der Waals surface area (Å²) in [5, 5.41) is 0. The summed E-state index contributed by atoms with van der Waals surface area (Å²) in [6.07, 6.45) is 9.95. The molecule has 1 saturated heterocycles. The first-order chi connectivity index (χ1) is 25.3. The van der Waals surface area contributed by atoms with Gasteiger partial charge in [0.15, 0.2) is 0 Å². The van der Waals surface area contributed by atoms with Crippen LogP contribution in [0, 0.1) is 12.3 Å². The van der Waals surface area contributed by atoms with E-state index in [4.69, 9.17) is 33.2 Å². The molecule has 0 saturated carbocycles. The number of unbranched alkanes of at least 4 members (excludes halogenated alkanes) is 6. The minimum atomic E-state index is -0.514. The van der Waals surface area contributed by atoms with E-state index in [1.54, 1.807) is 73.7 Å². The molecule has 280 valence electrons. The van der Waals surface area contributed by atoms with Crippen LogP contribution in [0.5, 0.6) is 23.0 Å².